The normalized spacial score (nSPS) is 10.0. The molecule has 2 aromatic rings. The number of halogens is 2. The van der Waals surface area contributed by atoms with Crippen LogP contribution < -0.4 is 4.74 Å². The van der Waals surface area contributed by atoms with Crippen LogP contribution in [0.4, 0.5) is 4.39 Å². The molecule has 0 N–H and O–H groups in total. The number of ether oxygens (including phenoxy) is 1. The molecule has 0 radical (unpaired) electrons. The topological polar surface area (TPSA) is 35.0 Å². The molecule has 1 aromatic heterocycles. The molecule has 15 heavy (non-hydrogen) atoms. The Bertz CT molecular complexity index is 464. The molecule has 0 aliphatic carbocycles. The Labute approximate surface area is 94.0 Å². The molecule has 2 rings (SSSR count). The average Bonchev–Trinajstić information content (AvgIpc) is 2.25. The van der Waals surface area contributed by atoms with Crippen molar-refractivity contribution in [3.05, 3.63) is 46.8 Å². The third-order valence-electron chi connectivity index (χ3n) is 1.66. The quantitative estimate of drug-likeness (QED) is 0.839. The Morgan fingerprint density at radius 2 is 2.13 bits per heavy atom. The number of aromatic nitrogens is 2. The van der Waals surface area contributed by atoms with Gasteiger partial charge in [0, 0.05) is 18.3 Å². The van der Waals surface area contributed by atoms with E-state index in [4.69, 9.17) is 4.74 Å². The lowest BCUT2D eigenvalue weighted by Crippen LogP contribution is -1.90. The van der Waals surface area contributed by atoms with Gasteiger partial charge in [0.15, 0.2) is 0 Å². The van der Waals surface area contributed by atoms with E-state index in [1.165, 1.54) is 18.3 Å². The monoisotopic (exact) mass is 268 g/mol. The van der Waals surface area contributed by atoms with Crippen LogP contribution in [0.25, 0.3) is 0 Å². The van der Waals surface area contributed by atoms with E-state index in [0.29, 0.717) is 16.1 Å². The molecule has 0 aliphatic heterocycles. The van der Waals surface area contributed by atoms with Crippen LogP contribution in [-0.2, 0) is 0 Å². The van der Waals surface area contributed by atoms with Crippen molar-refractivity contribution in [2.75, 3.05) is 0 Å². The fourth-order valence-corrected chi connectivity index (χ4v) is 1.34. The van der Waals surface area contributed by atoms with Gasteiger partial charge in [-0.05, 0) is 34.1 Å². The van der Waals surface area contributed by atoms with Crippen molar-refractivity contribution in [1.82, 2.24) is 10.2 Å². The van der Waals surface area contributed by atoms with Crippen LogP contribution in [0.5, 0.6) is 11.6 Å². The largest absolute Gasteiger partial charge is 0.436 e. The molecule has 76 valence electrons. The van der Waals surface area contributed by atoms with Crippen LogP contribution in [0.2, 0.25) is 0 Å². The van der Waals surface area contributed by atoms with Crippen molar-refractivity contribution in [2.24, 2.45) is 0 Å². The minimum atomic E-state index is -0.364. The van der Waals surface area contributed by atoms with Crippen molar-refractivity contribution in [3.63, 3.8) is 0 Å². The van der Waals surface area contributed by atoms with Crippen molar-refractivity contribution >= 4 is 15.9 Å². The zero-order valence-electron chi connectivity index (χ0n) is 7.52. The molecule has 0 saturated heterocycles. The standard InChI is InChI=1S/C10H6BrFN2O/c11-8-4-3-7(12)6-9(8)15-10-2-1-5-13-14-10/h1-6H. The Balaban J connectivity index is 2.28. The smallest absolute Gasteiger partial charge is 0.238 e. The fourth-order valence-electron chi connectivity index (χ4n) is 1.01. The number of rotatable bonds is 2. The minimum absolute atomic E-state index is 0.323. The Morgan fingerprint density at radius 1 is 1.27 bits per heavy atom. The zero-order chi connectivity index (χ0) is 10.7. The summed E-state index contributed by atoms with van der Waals surface area (Å²) >= 11 is 3.25. The maximum Gasteiger partial charge on any atom is 0.238 e. The van der Waals surface area contributed by atoms with Gasteiger partial charge in [0.05, 0.1) is 4.47 Å². The van der Waals surface area contributed by atoms with Crippen LogP contribution in [0.3, 0.4) is 0 Å². The molecule has 0 bridgehead atoms. The summed E-state index contributed by atoms with van der Waals surface area (Å²) in [5.74, 6) is 0.330. The molecular weight excluding hydrogens is 263 g/mol. The maximum atomic E-state index is 12.9. The second-order valence-corrected chi connectivity index (χ2v) is 3.59. The van der Waals surface area contributed by atoms with Crippen LogP contribution in [0.15, 0.2) is 41.0 Å². The number of hydrogen-bond acceptors (Lipinski definition) is 3. The van der Waals surface area contributed by atoms with Crippen LogP contribution in [0.1, 0.15) is 0 Å². The fraction of sp³-hybridized carbons (Fsp3) is 0. The summed E-state index contributed by atoms with van der Waals surface area (Å²) in [6.07, 6.45) is 1.54. The predicted molar refractivity (Wildman–Crippen MR) is 56.2 cm³/mol. The Morgan fingerprint density at radius 3 is 2.87 bits per heavy atom. The highest BCUT2D eigenvalue weighted by atomic mass is 79.9. The van der Waals surface area contributed by atoms with Crippen molar-refractivity contribution < 1.29 is 9.13 Å². The summed E-state index contributed by atoms with van der Waals surface area (Å²) in [6, 6.07) is 7.52. The van der Waals surface area contributed by atoms with Crippen LogP contribution in [-0.4, -0.2) is 10.2 Å². The minimum Gasteiger partial charge on any atom is -0.436 e. The zero-order valence-corrected chi connectivity index (χ0v) is 9.11. The number of hydrogen-bond donors (Lipinski definition) is 0. The molecular formula is C10H6BrFN2O. The van der Waals surface area contributed by atoms with Gasteiger partial charge in [-0.3, -0.25) is 0 Å². The van der Waals surface area contributed by atoms with Gasteiger partial charge in [-0.1, -0.05) is 0 Å². The highest BCUT2D eigenvalue weighted by Gasteiger charge is 2.04. The molecule has 0 aliphatic rings. The van der Waals surface area contributed by atoms with Gasteiger partial charge in [-0.2, -0.15) is 5.10 Å². The van der Waals surface area contributed by atoms with E-state index in [-0.39, 0.29) is 5.82 Å². The van der Waals surface area contributed by atoms with E-state index in [0.717, 1.165) is 0 Å². The Kier molecular flexibility index (Phi) is 2.91. The van der Waals surface area contributed by atoms with E-state index in [1.54, 1.807) is 18.2 Å². The third-order valence-corrected chi connectivity index (χ3v) is 2.31. The summed E-state index contributed by atoms with van der Waals surface area (Å²) in [4.78, 5) is 0. The highest BCUT2D eigenvalue weighted by Crippen LogP contribution is 2.28. The van der Waals surface area contributed by atoms with Crippen molar-refractivity contribution in [2.45, 2.75) is 0 Å². The predicted octanol–water partition coefficient (Wildman–Crippen LogP) is 3.17. The van der Waals surface area contributed by atoms with Crippen LogP contribution >= 0.6 is 15.9 Å². The van der Waals surface area contributed by atoms with E-state index in [2.05, 4.69) is 26.1 Å². The van der Waals surface area contributed by atoms with Gasteiger partial charge < -0.3 is 4.74 Å². The Hall–Kier alpha value is -1.49. The summed E-state index contributed by atoms with van der Waals surface area (Å²) < 4.78 is 18.9. The molecule has 1 aromatic carbocycles. The number of nitrogens with zero attached hydrogens (tertiary/aromatic N) is 2. The van der Waals surface area contributed by atoms with E-state index >= 15 is 0 Å². The molecule has 0 saturated carbocycles. The van der Waals surface area contributed by atoms with Gasteiger partial charge >= 0.3 is 0 Å². The van der Waals surface area contributed by atoms with E-state index in [9.17, 15) is 4.39 Å². The number of benzene rings is 1. The maximum absolute atomic E-state index is 12.9. The SMILES string of the molecule is Fc1ccc(Br)c(Oc2cccnn2)c1. The summed E-state index contributed by atoms with van der Waals surface area (Å²) in [5.41, 5.74) is 0. The second kappa shape index (κ2) is 4.35. The molecule has 0 atom stereocenters. The van der Waals surface area contributed by atoms with Crippen molar-refractivity contribution in [1.29, 1.82) is 0 Å². The lowest BCUT2D eigenvalue weighted by molar-refractivity contribution is 0.448. The first-order valence-corrected chi connectivity index (χ1v) is 4.95. The lowest BCUT2D eigenvalue weighted by atomic mass is 10.3. The molecule has 0 amide bonds. The van der Waals surface area contributed by atoms with Gasteiger partial charge in [0.2, 0.25) is 5.88 Å². The van der Waals surface area contributed by atoms with Crippen molar-refractivity contribution in [3.8, 4) is 11.6 Å². The van der Waals surface area contributed by atoms with Gasteiger partial charge in [0.1, 0.15) is 11.6 Å². The first-order chi connectivity index (χ1) is 7.25. The first kappa shape index (κ1) is 10.0. The molecule has 5 heteroatoms. The van der Waals surface area contributed by atoms with Gasteiger partial charge in [-0.25, -0.2) is 4.39 Å². The average molecular weight is 269 g/mol. The second-order valence-electron chi connectivity index (χ2n) is 2.74. The third kappa shape index (κ3) is 2.50. The lowest BCUT2D eigenvalue weighted by Gasteiger charge is -2.05. The molecule has 1 heterocycles. The summed E-state index contributed by atoms with van der Waals surface area (Å²) in [7, 11) is 0. The van der Waals surface area contributed by atoms with E-state index < -0.39 is 0 Å². The molecule has 0 spiro atoms. The van der Waals surface area contributed by atoms with Gasteiger partial charge in [0.25, 0.3) is 0 Å². The van der Waals surface area contributed by atoms with Gasteiger partial charge in [-0.15, -0.1) is 5.10 Å². The molecule has 0 fully saturated rings. The highest BCUT2D eigenvalue weighted by molar-refractivity contribution is 9.10. The molecule has 0 unspecified atom stereocenters. The summed E-state index contributed by atoms with van der Waals surface area (Å²) in [6.45, 7) is 0. The first-order valence-electron chi connectivity index (χ1n) is 4.16. The summed E-state index contributed by atoms with van der Waals surface area (Å²) in [5, 5.41) is 7.38. The van der Waals surface area contributed by atoms with E-state index in [1.807, 2.05) is 0 Å². The van der Waals surface area contributed by atoms with Crippen LogP contribution in [0, 0.1) is 5.82 Å². The molecule has 3 nitrogen and oxygen atoms in total.